The van der Waals surface area contributed by atoms with Crippen molar-refractivity contribution < 1.29 is 9.18 Å². The van der Waals surface area contributed by atoms with Gasteiger partial charge in [-0.2, -0.15) is 0 Å². The molecule has 0 bridgehead atoms. The standard InChI is InChI=1S/C16H19Cl2FN2O/c1-9(13-11(17)2-3-12(19)14(13)18)21-15(22)10-8-16(10)4-6-20-7-5-16/h2-3,9-10,20H,4-8H2,1H3,(H,21,22). The van der Waals surface area contributed by atoms with E-state index in [1.54, 1.807) is 6.92 Å². The smallest absolute Gasteiger partial charge is 0.224 e. The number of carbonyl (C=O) groups excluding carboxylic acids is 1. The van der Waals surface area contributed by atoms with Gasteiger partial charge in [-0.25, -0.2) is 4.39 Å². The molecule has 0 aromatic heterocycles. The lowest BCUT2D eigenvalue weighted by molar-refractivity contribution is -0.123. The SMILES string of the molecule is CC(NC(=O)C1CC12CCNCC2)c1c(Cl)ccc(F)c1Cl. The molecule has 120 valence electrons. The number of halogens is 3. The monoisotopic (exact) mass is 344 g/mol. The maximum absolute atomic E-state index is 13.6. The van der Waals surface area contributed by atoms with Crippen LogP contribution in [0.1, 0.15) is 37.8 Å². The maximum Gasteiger partial charge on any atom is 0.224 e. The molecule has 3 rings (SSSR count). The van der Waals surface area contributed by atoms with Crippen molar-refractivity contribution in [3.05, 3.63) is 33.6 Å². The molecular formula is C16H19Cl2FN2O. The second-order valence-corrected chi connectivity index (χ2v) is 7.14. The lowest BCUT2D eigenvalue weighted by Crippen LogP contribution is -2.34. The van der Waals surface area contributed by atoms with Crippen molar-refractivity contribution >= 4 is 29.1 Å². The third kappa shape index (κ3) is 2.84. The van der Waals surface area contributed by atoms with Crippen molar-refractivity contribution in [2.24, 2.45) is 11.3 Å². The summed E-state index contributed by atoms with van der Waals surface area (Å²) >= 11 is 12.1. The van der Waals surface area contributed by atoms with Crippen molar-refractivity contribution in [3.63, 3.8) is 0 Å². The molecular weight excluding hydrogens is 326 g/mol. The van der Waals surface area contributed by atoms with E-state index in [9.17, 15) is 9.18 Å². The Morgan fingerprint density at radius 2 is 2.09 bits per heavy atom. The Morgan fingerprint density at radius 1 is 1.41 bits per heavy atom. The minimum Gasteiger partial charge on any atom is -0.349 e. The van der Waals surface area contributed by atoms with Gasteiger partial charge < -0.3 is 10.6 Å². The Kier molecular flexibility index (Phi) is 4.36. The molecule has 2 fully saturated rings. The second kappa shape index (κ2) is 5.99. The number of nitrogens with one attached hydrogen (secondary N) is 2. The Labute approximate surface area is 139 Å². The molecule has 2 aliphatic rings. The predicted octanol–water partition coefficient (Wildman–Crippen LogP) is 3.70. The van der Waals surface area contributed by atoms with E-state index in [4.69, 9.17) is 23.2 Å². The van der Waals surface area contributed by atoms with Crippen LogP contribution in [0.5, 0.6) is 0 Å². The molecule has 2 atom stereocenters. The number of rotatable bonds is 3. The van der Waals surface area contributed by atoms with Crippen LogP contribution in [-0.4, -0.2) is 19.0 Å². The zero-order valence-electron chi connectivity index (χ0n) is 12.4. The van der Waals surface area contributed by atoms with Gasteiger partial charge in [-0.1, -0.05) is 23.2 Å². The molecule has 1 aromatic rings. The number of hydrogen-bond acceptors (Lipinski definition) is 2. The van der Waals surface area contributed by atoms with E-state index in [1.807, 2.05) is 0 Å². The van der Waals surface area contributed by atoms with Crippen LogP contribution in [0.15, 0.2) is 12.1 Å². The van der Waals surface area contributed by atoms with Gasteiger partial charge in [0.2, 0.25) is 5.91 Å². The molecule has 1 aliphatic carbocycles. The normalized spacial score (nSPS) is 24.1. The molecule has 1 saturated heterocycles. The Hall–Kier alpha value is -0.840. The quantitative estimate of drug-likeness (QED) is 0.821. The van der Waals surface area contributed by atoms with Gasteiger partial charge in [0.1, 0.15) is 5.82 Å². The lowest BCUT2D eigenvalue weighted by Gasteiger charge is -2.24. The molecule has 2 unspecified atom stereocenters. The fourth-order valence-electron chi connectivity index (χ4n) is 3.52. The maximum atomic E-state index is 13.6. The first-order valence-electron chi connectivity index (χ1n) is 7.59. The molecule has 2 N–H and O–H groups in total. The van der Waals surface area contributed by atoms with E-state index in [0.717, 1.165) is 32.4 Å². The summed E-state index contributed by atoms with van der Waals surface area (Å²) in [6, 6.07) is 2.28. The van der Waals surface area contributed by atoms with Crippen molar-refractivity contribution in [3.8, 4) is 0 Å². The van der Waals surface area contributed by atoms with Crippen molar-refractivity contribution in [1.29, 1.82) is 0 Å². The molecule has 1 amide bonds. The van der Waals surface area contributed by atoms with E-state index in [2.05, 4.69) is 10.6 Å². The first-order valence-corrected chi connectivity index (χ1v) is 8.35. The van der Waals surface area contributed by atoms with Crippen LogP contribution in [0.4, 0.5) is 4.39 Å². The summed E-state index contributed by atoms with van der Waals surface area (Å²) in [5.41, 5.74) is 0.613. The Balaban J connectivity index is 1.69. The van der Waals surface area contributed by atoms with Crippen molar-refractivity contribution in [2.75, 3.05) is 13.1 Å². The van der Waals surface area contributed by atoms with Gasteiger partial charge in [0, 0.05) is 16.5 Å². The van der Waals surface area contributed by atoms with Crippen LogP contribution in [0.2, 0.25) is 10.0 Å². The summed E-state index contributed by atoms with van der Waals surface area (Å²) in [6.07, 6.45) is 3.03. The van der Waals surface area contributed by atoms with Crippen LogP contribution < -0.4 is 10.6 Å². The number of piperidine rings is 1. The minimum absolute atomic E-state index is 0.0193. The van der Waals surface area contributed by atoms with Crippen LogP contribution in [0, 0.1) is 17.2 Å². The van der Waals surface area contributed by atoms with E-state index in [1.165, 1.54) is 12.1 Å². The van der Waals surface area contributed by atoms with Crippen molar-refractivity contribution in [2.45, 2.75) is 32.2 Å². The Bertz CT molecular complexity index is 602. The number of benzene rings is 1. The summed E-state index contributed by atoms with van der Waals surface area (Å²) in [4.78, 5) is 12.5. The molecule has 1 heterocycles. The fourth-order valence-corrected chi connectivity index (χ4v) is 4.22. The average molecular weight is 345 g/mol. The van der Waals surface area contributed by atoms with E-state index in [-0.39, 0.29) is 22.3 Å². The average Bonchev–Trinajstić information content (AvgIpc) is 3.17. The minimum atomic E-state index is -0.525. The molecule has 6 heteroatoms. The third-order valence-electron chi connectivity index (χ3n) is 4.98. The third-order valence-corrected chi connectivity index (χ3v) is 5.69. The molecule has 0 radical (unpaired) electrons. The fraction of sp³-hybridized carbons (Fsp3) is 0.562. The summed E-state index contributed by atoms with van der Waals surface area (Å²) < 4.78 is 13.6. The molecule has 1 aromatic carbocycles. The second-order valence-electron chi connectivity index (χ2n) is 6.36. The highest BCUT2D eigenvalue weighted by Gasteiger charge is 2.57. The number of amides is 1. The van der Waals surface area contributed by atoms with Crippen LogP contribution in [-0.2, 0) is 4.79 Å². The lowest BCUT2D eigenvalue weighted by atomic mass is 9.91. The topological polar surface area (TPSA) is 41.1 Å². The van der Waals surface area contributed by atoms with E-state index in [0.29, 0.717) is 10.6 Å². The zero-order chi connectivity index (χ0) is 15.9. The highest BCUT2D eigenvalue weighted by molar-refractivity contribution is 6.36. The highest BCUT2D eigenvalue weighted by Crippen LogP contribution is 2.58. The highest BCUT2D eigenvalue weighted by atomic mass is 35.5. The molecule has 3 nitrogen and oxygen atoms in total. The van der Waals surface area contributed by atoms with Crippen LogP contribution in [0.3, 0.4) is 0 Å². The number of carbonyl (C=O) groups is 1. The predicted molar refractivity (Wildman–Crippen MR) is 85.6 cm³/mol. The molecule has 1 spiro atoms. The van der Waals surface area contributed by atoms with Crippen LogP contribution >= 0.6 is 23.2 Å². The van der Waals surface area contributed by atoms with Gasteiger partial charge in [-0.3, -0.25) is 4.79 Å². The summed E-state index contributed by atoms with van der Waals surface area (Å²) in [5, 5.41) is 6.61. The Morgan fingerprint density at radius 3 is 2.77 bits per heavy atom. The molecule has 1 saturated carbocycles. The van der Waals surface area contributed by atoms with Crippen molar-refractivity contribution in [1.82, 2.24) is 10.6 Å². The van der Waals surface area contributed by atoms with Gasteiger partial charge in [-0.15, -0.1) is 0 Å². The summed E-state index contributed by atoms with van der Waals surface area (Å²) in [5.74, 6) is -0.447. The molecule has 22 heavy (non-hydrogen) atoms. The van der Waals surface area contributed by atoms with Gasteiger partial charge >= 0.3 is 0 Å². The first-order chi connectivity index (χ1) is 10.4. The van der Waals surface area contributed by atoms with Gasteiger partial charge in [0.25, 0.3) is 0 Å². The van der Waals surface area contributed by atoms with Gasteiger partial charge in [0.05, 0.1) is 11.1 Å². The number of hydrogen-bond donors (Lipinski definition) is 2. The van der Waals surface area contributed by atoms with E-state index < -0.39 is 11.9 Å². The largest absolute Gasteiger partial charge is 0.349 e. The zero-order valence-corrected chi connectivity index (χ0v) is 13.9. The van der Waals surface area contributed by atoms with Gasteiger partial charge in [-0.05, 0) is 56.8 Å². The summed E-state index contributed by atoms with van der Waals surface area (Å²) in [7, 11) is 0. The first kappa shape index (κ1) is 16.0. The van der Waals surface area contributed by atoms with E-state index >= 15 is 0 Å². The van der Waals surface area contributed by atoms with Gasteiger partial charge in [0.15, 0.2) is 0 Å². The molecule has 1 aliphatic heterocycles. The van der Waals surface area contributed by atoms with Crippen LogP contribution in [0.25, 0.3) is 0 Å². The summed E-state index contributed by atoms with van der Waals surface area (Å²) in [6.45, 7) is 3.73.